The molecule has 0 bridgehead atoms. The van der Waals surface area contributed by atoms with Gasteiger partial charge in [0.2, 0.25) is 0 Å². The Morgan fingerprint density at radius 2 is 2.19 bits per heavy atom. The summed E-state index contributed by atoms with van der Waals surface area (Å²) in [5.41, 5.74) is 0.732. The second kappa shape index (κ2) is 6.79. The average molecular weight is 357 g/mol. The van der Waals surface area contributed by atoms with E-state index in [1.165, 1.54) is 0 Å². The Balaban J connectivity index is 2.23. The fraction of sp³-hybridized carbons (Fsp3) is 0.562. The number of ether oxygens (including phenoxy) is 1. The predicted molar refractivity (Wildman–Crippen MR) is 83.3 cm³/mol. The van der Waals surface area contributed by atoms with E-state index in [1.54, 1.807) is 19.2 Å². The second-order valence-electron chi connectivity index (χ2n) is 5.69. The molecular weight excluding hydrogens is 336 g/mol. The Kier molecular flexibility index (Phi) is 5.27. The number of hydrogen-bond donors (Lipinski definition) is 2. The first-order chi connectivity index (χ1) is 9.97. The number of methoxy groups -OCH3 is 1. The standard InChI is InChI=1S/C16H21BrO4/c1-3-9-6-11(12(7-9)16(19)20)15(18)10-4-5-14(21-2)13(17)8-10/h4-5,8-9,11-12,15,18H,3,6-7H2,1-2H3,(H,19,20). The smallest absolute Gasteiger partial charge is 0.306 e. The number of rotatable bonds is 5. The van der Waals surface area contributed by atoms with Crippen molar-refractivity contribution in [2.75, 3.05) is 7.11 Å². The van der Waals surface area contributed by atoms with Gasteiger partial charge in [0.25, 0.3) is 0 Å². The number of carboxylic acids is 1. The summed E-state index contributed by atoms with van der Waals surface area (Å²) in [5.74, 6) is -0.424. The first kappa shape index (κ1) is 16.3. The van der Waals surface area contributed by atoms with Crippen LogP contribution in [0.5, 0.6) is 5.75 Å². The largest absolute Gasteiger partial charge is 0.496 e. The maximum atomic E-state index is 11.4. The monoisotopic (exact) mass is 356 g/mol. The number of aliphatic hydroxyl groups is 1. The normalized spacial score (nSPS) is 26.6. The van der Waals surface area contributed by atoms with E-state index in [-0.39, 0.29) is 5.92 Å². The molecule has 1 aromatic rings. The van der Waals surface area contributed by atoms with Crippen molar-refractivity contribution in [2.24, 2.45) is 17.8 Å². The van der Waals surface area contributed by atoms with Crippen LogP contribution in [0.4, 0.5) is 0 Å². The van der Waals surface area contributed by atoms with Gasteiger partial charge in [-0.2, -0.15) is 0 Å². The number of hydrogen-bond acceptors (Lipinski definition) is 3. The van der Waals surface area contributed by atoms with Crippen LogP contribution in [0.3, 0.4) is 0 Å². The van der Waals surface area contributed by atoms with Crippen molar-refractivity contribution in [3.05, 3.63) is 28.2 Å². The Morgan fingerprint density at radius 3 is 2.71 bits per heavy atom. The van der Waals surface area contributed by atoms with Crippen LogP contribution in [0.15, 0.2) is 22.7 Å². The highest BCUT2D eigenvalue weighted by atomic mass is 79.9. The Morgan fingerprint density at radius 1 is 1.48 bits per heavy atom. The Labute approximate surface area is 133 Å². The summed E-state index contributed by atoms with van der Waals surface area (Å²) < 4.78 is 5.94. The summed E-state index contributed by atoms with van der Waals surface area (Å²) in [4.78, 5) is 11.4. The lowest BCUT2D eigenvalue weighted by atomic mass is 9.87. The van der Waals surface area contributed by atoms with E-state index in [0.717, 1.165) is 22.9 Å². The summed E-state index contributed by atoms with van der Waals surface area (Å²) in [7, 11) is 1.58. The third kappa shape index (κ3) is 3.40. The minimum atomic E-state index is -0.803. The number of aliphatic hydroxyl groups excluding tert-OH is 1. The third-order valence-corrected chi connectivity index (χ3v) is 5.15. The summed E-state index contributed by atoms with van der Waals surface area (Å²) in [6, 6.07) is 5.39. The molecule has 1 fully saturated rings. The average Bonchev–Trinajstić information content (AvgIpc) is 2.90. The van der Waals surface area contributed by atoms with Crippen LogP contribution < -0.4 is 4.74 Å². The Bertz CT molecular complexity index is 517. The molecule has 4 atom stereocenters. The number of carbonyl (C=O) groups is 1. The van der Waals surface area contributed by atoms with Crippen molar-refractivity contribution in [2.45, 2.75) is 32.3 Å². The van der Waals surface area contributed by atoms with E-state index >= 15 is 0 Å². The molecule has 0 heterocycles. The molecular formula is C16H21BrO4. The molecule has 2 N–H and O–H groups in total. The van der Waals surface area contributed by atoms with Crippen LogP contribution in [0.2, 0.25) is 0 Å². The minimum Gasteiger partial charge on any atom is -0.496 e. The quantitative estimate of drug-likeness (QED) is 0.845. The number of halogens is 1. The Hall–Kier alpha value is -1.07. The van der Waals surface area contributed by atoms with Crippen molar-refractivity contribution in [1.82, 2.24) is 0 Å². The number of aliphatic carboxylic acids is 1. The molecule has 0 amide bonds. The molecule has 4 nitrogen and oxygen atoms in total. The highest BCUT2D eigenvalue weighted by Crippen LogP contribution is 2.45. The fourth-order valence-electron chi connectivity index (χ4n) is 3.26. The maximum Gasteiger partial charge on any atom is 0.306 e. The second-order valence-corrected chi connectivity index (χ2v) is 6.55. The number of benzene rings is 1. The van der Waals surface area contributed by atoms with Gasteiger partial charge < -0.3 is 14.9 Å². The van der Waals surface area contributed by atoms with Crippen LogP contribution in [0, 0.1) is 17.8 Å². The summed E-state index contributed by atoms with van der Waals surface area (Å²) in [6.07, 6.45) is 1.62. The van der Waals surface area contributed by atoms with Gasteiger partial charge in [-0.1, -0.05) is 19.4 Å². The zero-order valence-corrected chi connectivity index (χ0v) is 13.8. The first-order valence-corrected chi connectivity index (χ1v) is 8.01. The molecule has 1 aliphatic rings. The maximum absolute atomic E-state index is 11.4. The van der Waals surface area contributed by atoms with E-state index < -0.39 is 18.0 Å². The van der Waals surface area contributed by atoms with Gasteiger partial charge in [0.15, 0.2) is 0 Å². The van der Waals surface area contributed by atoms with E-state index in [2.05, 4.69) is 22.9 Å². The molecule has 2 rings (SSSR count). The lowest BCUT2D eigenvalue weighted by molar-refractivity contribution is -0.144. The van der Waals surface area contributed by atoms with E-state index in [0.29, 0.717) is 18.1 Å². The lowest BCUT2D eigenvalue weighted by Gasteiger charge is -2.23. The van der Waals surface area contributed by atoms with Gasteiger partial charge in [-0.15, -0.1) is 0 Å². The van der Waals surface area contributed by atoms with Crippen LogP contribution in [0.1, 0.15) is 37.9 Å². The molecule has 0 aromatic heterocycles. The molecule has 1 saturated carbocycles. The molecule has 0 spiro atoms. The molecule has 0 saturated heterocycles. The molecule has 0 aliphatic heterocycles. The van der Waals surface area contributed by atoms with Gasteiger partial charge in [0.05, 0.1) is 23.6 Å². The topological polar surface area (TPSA) is 66.8 Å². The first-order valence-electron chi connectivity index (χ1n) is 7.22. The number of carboxylic acid groups (broad SMARTS) is 1. The van der Waals surface area contributed by atoms with Crippen LogP contribution in [-0.4, -0.2) is 23.3 Å². The van der Waals surface area contributed by atoms with Gasteiger partial charge in [-0.3, -0.25) is 4.79 Å². The SMILES string of the molecule is CCC1CC(C(=O)O)C(C(O)c2ccc(OC)c(Br)c2)C1. The van der Waals surface area contributed by atoms with E-state index in [4.69, 9.17) is 4.74 Å². The molecule has 1 aliphatic carbocycles. The molecule has 21 heavy (non-hydrogen) atoms. The lowest BCUT2D eigenvalue weighted by Crippen LogP contribution is -2.23. The van der Waals surface area contributed by atoms with E-state index in [9.17, 15) is 15.0 Å². The van der Waals surface area contributed by atoms with Crippen LogP contribution in [0.25, 0.3) is 0 Å². The van der Waals surface area contributed by atoms with Crippen LogP contribution in [-0.2, 0) is 4.79 Å². The molecule has 0 radical (unpaired) electrons. The van der Waals surface area contributed by atoms with Crippen molar-refractivity contribution >= 4 is 21.9 Å². The zero-order chi connectivity index (χ0) is 15.6. The molecule has 4 unspecified atom stereocenters. The summed E-state index contributed by atoms with van der Waals surface area (Å²) >= 11 is 3.40. The van der Waals surface area contributed by atoms with E-state index in [1.807, 2.05) is 6.07 Å². The fourth-order valence-corrected chi connectivity index (χ4v) is 3.82. The summed E-state index contributed by atoms with van der Waals surface area (Å²) in [6.45, 7) is 2.07. The molecule has 5 heteroatoms. The predicted octanol–water partition coefficient (Wildman–Crippen LogP) is 3.63. The zero-order valence-electron chi connectivity index (χ0n) is 12.3. The van der Waals surface area contributed by atoms with Crippen molar-refractivity contribution < 1.29 is 19.7 Å². The summed E-state index contributed by atoms with van der Waals surface area (Å²) in [5, 5.41) is 20.0. The van der Waals surface area contributed by atoms with Gasteiger partial charge in [0.1, 0.15) is 5.75 Å². The third-order valence-electron chi connectivity index (χ3n) is 4.53. The van der Waals surface area contributed by atoms with Crippen molar-refractivity contribution in [3.8, 4) is 5.75 Å². The van der Waals surface area contributed by atoms with Crippen LogP contribution >= 0.6 is 15.9 Å². The van der Waals surface area contributed by atoms with Crippen molar-refractivity contribution in [1.29, 1.82) is 0 Å². The van der Waals surface area contributed by atoms with Gasteiger partial charge in [-0.25, -0.2) is 0 Å². The van der Waals surface area contributed by atoms with Gasteiger partial charge >= 0.3 is 5.97 Å². The molecule has 116 valence electrons. The minimum absolute atomic E-state index is 0.229. The molecule has 1 aromatic carbocycles. The van der Waals surface area contributed by atoms with Gasteiger partial charge in [0, 0.05) is 5.92 Å². The van der Waals surface area contributed by atoms with Gasteiger partial charge in [-0.05, 0) is 52.4 Å². The van der Waals surface area contributed by atoms with Crippen molar-refractivity contribution in [3.63, 3.8) is 0 Å². The highest BCUT2D eigenvalue weighted by molar-refractivity contribution is 9.10. The highest BCUT2D eigenvalue weighted by Gasteiger charge is 2.42.